The van der Waals surface area contributed by atoms with Gasteiger partial charge in [0.05, 0.1) is 18.6 Å². The average Bonchev–Trinajstić information content (AvgIpc) is 2.98. The van der Waals surface area contributed by atoms with Crippen LogP contribution in [0.5, 0.6) is 0 Å². The van der Waals surface area contributed by atoms with Crippen LogP contribution in [-0.2, 0) is 11.3 Å². The van der Waals surface area contributed by atoms with E-state index in [1.807, 2.05) is 22.9 Å². The number of imidazole rings is 1. The number of rotatable bonds is 7. The van der Waals surface area contributed by atoms with Crippen LogP contribution < -0.4 is 10.6 Å². The van der Waals surface area contributed by atoms with Crippen molar-refractivity contribution in [2.24, 2.45) is 0 Å². The molecule has 0 aliphatic rings. The quantitative estimate of drug-likeness (QED) is 0.797. The van der Waals surface area contributed by atoms with E-state index in [9.17, 15) is 4.79 Å². The number of carbonyl (C=O) groups excluding carboxylic acids is 1. The summed E-state index contributed by atoms with van der Waals surface area (Å²) < 4.78 is 1.96. The van der Waals surface area contributed by atoms with Crippen LogP contribution in [0.4, 0.5) is 5.69 Å². The van der Waals surface area contributed by atoms with Gasteiger partial charge in [-0.1, -0.05) is 6.92 Å². The zero-order chi connectivity index (χ0) is 14.2. The summed E-state index contributed by atoms with van der Waals surface area (Å²) in [4.78, 5) is 19.9. The van der Waals surface area contributed by atoms with Crippen LogP contribution in [0.2, 0.25) is 0 Å². The van der Waals surface area contributed by atoms with E-state index in [1.54, 1.807) is 24.9 Å². The molecule has 2 rings (SSSR count). The summed E-state index contributed by atoms with van der Waals surface area (Å²) in [6.45, 7) is 3.03. The van der Waals surface area contributed by atoms with Crippen molar-refractivity contribution in [1.82, 2.24) is 19.9 Å². The predicted molar refractivity (Wildman–Crippen MR) is 77.2 cm³/mol. The average molecular weight is 273 g/mol. The number of anilines is 1. The minimum atomic E-state index is -0.0270. The first-order valence-electron chi connectivity index (χ1n) is 6.67. The van der Waals surface area contributed by atoms with Crippen molar-refractivity contribution in [2.45, 2.75) is 25.9 Å². The third-order valence-electron chi connectivity index (χ3n) is 2.96. The minimum absolute atomic E-state index is 0.0270. The molecule has 0 saturated carbocycles. The standard InChI is InChI=1S/C14H19N5O/c1-2-12(10-19-7-6-16-11-19)18-14(20)9-17-13-4-3-5-15-8-13/h3-8,11-12,17H,2,9-10H2,1H3,(H,18,20). The van der Waals surface area contributed by atoms with Gasteiger partial charge in [-0.3, -0.25) is 9.78 Å². The third-order valence-corrected chi connectivity index (χ3v) is 2.96. The molecule has 0 bridgehead atoms. The van der Waals surface area contributed by atoms with Crippen molar-refractivity contribution in [3.63, 3.8) is 0 Å². The van der Waals surface area contributed by atoms with E-state index in [1.165, 1.54) is 0 Å². The second-order valence-electron chi connectivity index (χ2n) is 4.53. The fourth-order valence-electron chi connectivity index (χ4n) is 1.85. The van der Waals surface area contributed by atoms with Crippen LogP contribution >= 0.6 is 0 Å². The van der Waals surface area contributed by atoms with E-state index in [4.69, 9.17) is 0 Å². The Hall–Kier alpha value is -2.37. The summed E-state index contributed by atoms with van der Waals surface area (Å²) in [6, 6.07) is 3.81. The highest BCUT2D eigenvalue weighted by Crippen LogP contribution is 2.02. The second kappa shape index (κ2) is 7.28. The molecule has 0 aliphatic heterocycles. The Morgan fingerprint density at radius 1 is 1.40 bits per heavy atom. The summed E-state index contributed by atoms with van der Waals surface area (Å²) in [5, 5.41) is 6.04. The molecule has 0 aliphatic carbocycles. The molecule has 106 valence electrons. The Balaban J connectivity index is 1.77. The fraction of sp³-hybridized carbons (Fsp3) is 0.357. The van der Waals surface area contributed by atoms with Gasteiger partial charge in [0.2, 0.25) is 5.91 Å². The maximum atomic E-state index is 11.9. The summed E-state index contributed by atoms with van der Waals surface area (Å²) in [6.07, 6.45) is 9.64. The van der Waals surface area contributed by atoms with Crippen molar-refractivity contribution >= 4 is 11.6 Å². The summed E-state index contributed by atoms with van der Waals surface area (Å²) in [7, 11) is 0. The number of pyridine rings is 1. The maximum absolute atomic E-state index is 11.9. The molecule has 6 heteroatoms. The number of hydrogen-bond donors (Lipinski definition) is 2. The predicted octanol–water partition coefficient (Wildman–Crippen LogP) is 1.28. The molecule has 1 amide bonds. The third kappa shape index (κ3) is 4.38. The van der Waals surface area contributed by atoms with Gasteiger partial charge < -0.3 is 15.2 Å². The molecule has 0 saturated heterocycles. The molecule has 2 heterocycles. The van der Waals surface area contributed by atoms with E-state index < -0.39 is 0 Å². The van der Waals surface area contributed by atoms with Crippen molar-refractivity contribution < 1.29 is 4.79 Å². The molecule has 0 radical (unpaired) electrons. The molecule has 1 unspecified atom stereocenters. The Morgan fingerprint density at radius 2 is 2.30 bits per heavy atom. The zero-order valence-electron chi connectivity index (χ0n) is 11.5. The Morgan fingerprint density at radius 3 is 2.95 bits per heavy atom. The van der Waals surface area contributed by atoms with Gasteiger partial charge >= 0.3 is 0 Å². The lowest BCUT2D eigenvalue weighted by Crippen LogP contribution is -2.40. The van der Waals surface area contributed by atoms with Crippen LogP contribution in [0, 0.1) is 0 Å². The normalized spacial score (nSPS) is 11.8. The van der Waals surface area contributed by atoms with Gasteiger partial charge in [0, 0.05) is 37.4 Å². The molecule has 20 heavy (non-hydrogen) atoms. The van der Waals surface area contributed by atoms with E-state index in [2.05, 4.69) is 27.5 Å². The van der Waals surface area contributed by atoms with Gasteiger partial charge in [-0.2, -0.15) is 0 Å². The van der Waals surface area contributed by atoms with Crippen LogP contribution in [0.1, 0.15) is 13.3 Å². The van der Waals surface area contributed by atoms with Crippen molar-refractivity contribution in [1.29, 1.82) is 0 Å². The molecule has 2 N–H and O–H groups in total. The number of carbonyl (C=O) groups is 1. The van der Waals surface area contributed by atoms with Gasteiger partial charge in [-0.05, 0) is 18.6 Å². The van der Waals surface area contributed by atoms with Gasteiger partial charge in [-0.15, -0.1) is 0 Å². The van der Waals surface area contributed by atoms with Crippen molar-refractivity contribution in [3.05, 3.63) is 43.2 Å². The van der Waals surface area contributed by atoms with Gasteiger partial charge in [0.25, 0.3) is 0 Å². The summed E-state index contributed by atoms with van der Waals surface area (Å²) in [5.41, 5.74) is 0.838. The lowest BCUT2D eigenvalue weighted by molar-refractivity contribution is -0.120. The molecule has 2 aromatic rings. The number of nitrogens with zero attached hydrogens (tertiary/aromatic N) is 3. The van der Waals surface area contributed by atoms with E-state index >= 15 is 0 Å². The van der Waals surface area contributed by atoms with E-state index in [0.717, 1.165) is 18.7 Å². The second-order valence-corrected chi connectivity index (χ2v) is 4.53. The molecule has 0 fully saturated rings. The van der Waals surface area contributed by atoms with Gasteiger partial charge in [0.1, 0.15) is 0 Å². The summed E-state index contributed by atoms with van der Waals surface area (Å²) in [5.74, 6) is -0.0270. The van der Waals surface area contributed by atoms with Crippen molar-refractivity contribution in [3.8, 4) is 0 Å². The minimum Gasteiger partial charge on any atom is -0.375 e. The highest BCUT2D eigenvalue weighted by Gasteiger charge is 2.10. The van der Waals surface area contributed by atoms with Gasteiger partial charge in [-0.25, -0.2) is 4.98 Å². The fourth-order valence-corrected chi connectivity index (χ4v) is 1.85. The molecule has 6 nitrogen and oxygen atoms in total. The Labute approximate surface area is 118 Å². The van der Waals surface area contributed by atoms with Crippen LogP contribution in [-0.4, -0.2) is 33.0 Å². The number of hydrogen-bond acceptors (Lipinski definition) is 4. The topological polar surface area (TPSA) is 71.8 Å². The SMILES string of the molecule is CCC(Cn1ccnc1)NC(=O)CNc1cccnc1. The molecular formula is C14H19N5O. The number of nitrogens with one attached hydrogen (secondary N) is 2. The Kier molecular flexibility index (Phi) is 5.11. The van der Waals surface area contributed by atoms with Crippen LogP contribution in [0.15, 0.2) is 43.2 Å². The number of aromatic nitrogens is 3. The van der Waals surface area contributed by atoms with Crippen molar-refractivity contribution in [2.75, 3.05) is 11.9 Å². The first kappa shape index (κ1) is 14.0. The van der Waals surface area contributed by atoms with Crippen LogP contribution in [0.3, 0.4) is 0 Å². The Bertz CT molecular complexity index is 512. The smallest absolute Gasteiger partial charge is 0.239 e. The highest BCUT2D eigenvalue weighted by molar-refractivity contribution is 5.80. The maximum Gasteiger partial charge on any atom is 0.239 e. The monoisotopic (exact) mass is 273 g/mol. The molecular weight excluding hydrogens is 254 g/mol. The molecule has 2 aromatic heterocycles. The number of amides is 1. The molecule has 0 spiro atoms. The zero-order valence-corrected chi connectivity index (χ0v) is 11.5. The van der Waals surface area contributed by atoms with Gasteiger partial charge in [0.15, 0.2) is 0 Å². The first-order chi connectivity index (χ1) is 9.78. The van der Waals surface area contributed by atoms with E-state index in [-0.39, 0.29) is 18.5 Å². The first-order valence-corrected chi connectivity index (χ1v) is 6.67. The molecule has 1 atom stereocenters. The largest absolute Gasteiger partial charge is 0.375 e. The lowest BCUT2D eigenvalue weighted by atomic mass is 10.2. The summed E-state index contributed by atoms with van der Waals surface area (Å²) >= 11 is 0. The molecule has 0 aromatic carbocycles. The van der Waals surface area contributed by atoms with Crippen LogP contribution in [0.25, 0.3) is 0 Å². The highest BCUT2D eigenvalue weighted by atomic mass is 16.2. The lowest BCUT2D eigenvalue weighted by Gasteiger charge is -2.17. The van der Waals surface area contributed by atoms with E-state index in [0.29, 0.717) is 0 Å².